The third-order valence-electron chi connectivity index (χ3n) is 3.03. The van der Waals surface area contributed by atoms with E-state index >= 15 is 0 Å². The lowest BCUT2D eigenvalue weighted by molar-refractivity contribution is -0.386. The van der Waals surface area contributed by atoms with Crippen LogP contribution in [-0.4, -0.2) is 14.7 Å². The summed E-state index contributed by atoms with van der Waals surface area (Å²) in [4.78, 5) is 10.6. The van der Waals surface area contributed by atoms with Gasteiger partial charge in [-0.15, -0.1) is 11.6 Å². The Labute approximate surface area is 127 Å². The molecule has 1 aromatic heterocycles. The molecule has 0 unspecified atom stereocenters. The van der Waals surface area contributed by atoms with Crippen molar-refractivity contribution in [2.75, 3.05) is 0 Å². The largest absolute Gasteiger partial charge is 0.480 e. The Morgan fingerprint density at radius 1 is 1.43 bits per heavy atom. The van der Waals surface area contributed by atoms with Crippen molar-refractivity contribution in [3.05, 3.63) is 51.3 Å². The van der Waals surface area contributed by atoms with E-state index in [0.717, 1.165) is 17.9 Å². The van der Waals surface area contributed by atoms with E-state index in [0.29, 0.717) is 5.56 Å². The zero-order valence-corrected chi connectivity index (χ0v) is 12.6. The normalized spacial score (nSPS) is 10.6. The van der Waals surface area contributed by atoms with Crippen LogP contribution in [0.1, 0.15) is 23.9 Å². The second-order valence-corrected chi connectivity index (χ2v) is 4.84. The first-order valence-electron chi connectivity index (χ1n) is 6.54. The van der Waals surface area contributed by atoms with Gasteiger partial charge in [0.05, 0.1) is 16.3 Å². The van der Waals surface area contributed by atoms with Crippen molar-refractivity contribution in [1.29, 1.82) is 0 Å². The zero-order valence-electron chi connectivity index (χ0n) is 11.9. The number of hydrogen-bond acceptors (Lipinski definition) is 4. The summed E-state index contributed by atoms with van der Waals surface area (Å²) >= 11 is 5.70. The van der Waals surface area contributed by atoms with Crippen molar-refractivity contribution < 1.29 is 9.66 Å². The third-order valence-corrected chi connectivity index (χ3v) is 3.34. The van der Waals surface area contributed by atoms with Crippen molar-refractivity contribution in [3.63, 3.8) is 0 Å². The highest BCUT2D eigenvalue weighted by molar-refractivity contribution is 6.17. The molecule has 0 atom stereocenters. The second-order valence-electron chi connectivity index (χ2n) is 4.57. The molecule has 112 valence electrons. The highest BCUT2D eigenvalue weighted by Gasteiger charge is 2.16. The molecule has 6 nitrogen and oxygen atoms in total. The number of nitro benzene ring substituents is 1. The van der Waals surface area contributed by atoms with Crippen LogP contribution in [-0.2, 0) is 19.0 Å². The first kappa shape index (κ1) is 15.3. The van der Waals surface area contributed by atoms with Gasteiger partial charge in [-0.05, 0) is 31.5 Å². The van der Waals surface area contributed by atoms with Crippen LogP contribution in [0, 0.1) is 17.0 Å². The molecule has 0 saturated heterocycles. The molecule has 0 N–H and O–H groups in total. The topological polar surface area (TPSA) is 70.2 Å². The Hall–Kier alpha value is -2.08. The summed E-state index contributed by atoms with van der Waals surface area (Å²) in [5, 5.41) is 15.4. The SMILES string of the molecule is CCn1nc(C)cc1COc1ccc(CCl)cc1[N+](=O)[O-]. The van der Waals surface area contributed by atoms with Gasteiger partial charge < -0.3 is 4.74 Å². The van der Waals surface area contributed by atoms with Crippen molar-refractivity contribution in [2.45, 2.75) is 32.9 Å². The van der Waals surface area contributed by atoms with Gasteiger partial charge in [-0.2, -0.15) is 5.10 Å². The number of nitrogens with zero attached hydrogens (tertiary/aromatic N) is 3. The Balaban J connectivity index is 2.21. The number of halogens is 1. The predicted octanol–water partition coefficient (Wildman–Crippen LogP) is 3.44. The lowest BCUT2D eigenvalue weighted by Crippen LogP contribution is -2.07. The highest BCUT2D eigenvalue weighted by Crippen LogP contribution is 2.29. The van der Waals surface area contributed by atoms with Gasteiger partial charge in [-0.3, -0.25) is 14.8 Å². The van der Waals surface area contributed by atoms with Gasteiger partial charge in [-0.1, -0.05) is 6.07 Å². The van der Waals surface area contributed by atoms with Gasteiger partial charge in [0.1, 0.15) is 6.61 Å². The average Bonchev–Trinajstić information content (AvgIpc) is 2.84. The highest BCUT2D eigenvalue weighted by atomic mass is 35.5. The second kappa shape index (κ2) is 6.58. The first-order valence-corrected chi connectivity index (χ1v) is 7.08. The molecule has 1 heterocycles. The molecule has 0 aliphatic heterocycles. The van der Waals surface area contributed by atoms with Crippen molar-refractivity contribution in [2.24, 2.45) is 0 Å². The summed E-state index contributed by atoms with van der Waals surface area (Å²) < 4.78 is 7.41. The average molecular weight is 310 g/mol. The molecule has 0 radical (unpaired) electrons. The maximum absolute atomic E-state index is 11.1. The molecule has 0 spiro atoms. The van der Waals surface area contributed by atoms with E-state index in [4.69, 9.17) is 16.3 Å². The van der Waals surface area contributed by atoms with Crippen LogP contribution in [0.15, 0.2) is 24.3 Å². The van der Waals surface area contributed by atoms with Crippen molar-refractivity contribution >= 4 is 17.3 Å². The van der Waals surface area contributed by atoms with Crippen LogP contribution in [0.4, 0.5) is 5.69 Å². The summed E-state index contributed by atoms with van der Waals surface area (Å²) in [6.45, 7) is 4.83. The van der Waals surface area contributed by atoms with Gasteiger partial charge >= 0.3 is 5.69 Å². The van der Waals surface area contributed by atoms with E-state index in [2.05, 4.69) is 5.10 Å². The minimum absolute atomic E-state index is 0.0764. The fraction of sp³-hybridized carbons (Fsp3) is 0.357. The minimum atomic E-state index is -0.465. The van der Waals surface area contributed by atoms with Crippen LogP contribution in [0.2, 0.25) is 0 Å². The maximum atomic E-state index is 11.1. The number of alkyl halides is 1. The van der Waals surface area contributed by atoms with Crippen molar-refractivity contribution in [3.8, 4) is 5.75 Å². The molecule has 0 amide bonds. The van der Waals surface area contributed by atoms with Gasteiger partial charge in [0, 0.05) is 18.5 Å². The van der Waals surface area contributed by atoms with Crippen molar-refractivity contribution in [1.82, 2.24) is 9.78 Å². The molecule has 2 aromatic rings. The summed E-state index contributed by atoms with van der Waals surface area (Å²) in [5.41, 5.74) is 2.38. The van der Waals surface area contributed by atoms with E-state index in [9.17, 15) is 10.1 Å². The molecule has 0 fully saturated rings. The van der Waals surface area contributed by atoms with E-state index < -0.39 is 4.92 Å². The standard InChI is InChI=1S/C14H16ClN3O3/c1-3-17-12(6-10(2)16-17)9-21-14-5-4-11(8-15)7-13(14)18(19)20/h4-7H,3,8-9H2,1-2H3. The summed E-state index contributed by atoms with van der Waals surface area (Å²) in [6.07, 6.45) is 0. The van der Waals surface area contributed by atoms with Gasteiger partial charge in [0.25, 0.3) is 0 Å². The first-order chi connectivity index (χ1) is 10.0. The lowest BCUT2D eigenvalue weighted by atomic mass is 10.2. The minimum Gasteiger partial charge on any atom is -0.480 e. The number of ether oxygens (including phenoxy) is 1. The van der Waals surface area contributed by atoms with Crippen LogP contribution in [0.25, 0.3) is 0 Å². The Morgan fingerprint density at radius 2 is 2.19 bits per heavy atom. The maximum Gasteiger partial charge on any atom is 0.311 e. The third kappa shape index (κ3) is 3.52. The predicted molar refractivity (Wildman–Crippen MR) is 79.6 cm³/mol. The van der Waals surface area contributed by atoms with Gasteiger partial charge in [0.15, 0.2) is 5.75 Å². The van der Waals surface area contributed by atoms with Crippen LogP contribution in [0.3, 0.4) is 0 Å². The molecule has 0 saturated carbocycles. The number of benzene rings is 1. The quantitative estimate of drug-likeness (QED) is 0.465. The fourth-order valence-electron chi connectivity index (χ4n) is 2.05. The van der Waals surface area contributed by atoms with Gasteiger partial charge in [0.2, 0.25) is 0 Å². The van der Waals surface area contributed by atoms with Crippen LogP contribution >= 0.6 is 11.6 Å². The van der Waals surface area contributed by atoms with Gasteiger partial charge in [-0.25, -0.2) is 0 Å². The molecule has 0 bridgehead atoms. The molecular formula is C14H16ClN3O3. The molecule has 1 aromatic carbocycles. The van der Waals surface area contributed by atoms with Crippen LogP contribution < -0.4 is 4.74 Å². The summed E-state index contributed by atoms with van der Waals surface area (Å²) in [7, 11) is 0. The van der Waals surface area contributed by atoms with Crippen LogP contribution in [0.5, 0.6) is 5.75 Å². The number of nitro groups is 1. The molecule has 0 aliphatic carbocycles. The smallest absolute Gasteiger partial charge is 0.311 e. The molecule has 2 rings (SSSR count). The summed E-state index contributed by atoms with van der Waals surface area (Å²) in [6, 6.07) is 6.64. The number of hydrogen-bond donors (Lipinski definition) is 0. The fourth-order valence-corrected chi connectivity index (χ4v) is 2.22. The number of aryl methyl sites for hydroxylation is 2. The lowest BCUT2D eigenvalue weighted by Gasteiger charge is -2.08. The Kier molecular flexibility index (Phi) is 4.80. The Bertz CT molecular complexity index is 655. The van der Waals surface area contributed by atoms with E-state index in [1.807, 2.05) is 24.6 Å². The van der Waals surface area contributed by atoms with E-state index in [1.54, 1.807) is 12.1 Å². The summed E-state index contributed by atoms with van der Waals surface area (Å²) in [5.74, 6) is 0.457. The monoisotopic (exact) mass is 309 g/mol. The molecule has 21 heavy (non-hydrogen) atoms. The zero-order chi connectivity index (χ0) is 15.4. The van der Waals surface area contributed by atoms with E-state index in [-0.39, 0.29) is 23.9 Å². The molecular weight excluding hydrogens is 294 g/mol. The van der Waals surface area contributed by atoms with E-state index in [1.165, 1.54) is 6.07 Å². The number of aromatic nitrogens is 2. The molecule has 0 aliphatic rings. The number of rotatable bonds is 6. The Morgan fingerprint density at radius 3 is 2.81 bits per heavy atom. The molecule has 7 heteroatoms.